The number of ketones is 1. The molecule has 11 heteroatoms. The Morgan fingerprint density at radius 1 is 1.24 bits per heavy atom. The summed E-state index contributed by atoms with van der Waals surface area (Å²) in [5.41, 5.74) is 2.40. The van der Waals surface area contributed by atoms with E-state index in [1.807, 2.05) is 0 Å². The van der Waals surface area contributed by atoms with Crippen molar-refractivity contribution >= 4 is 23.6 Å². The SMILES string of the molecule is COc1ccc(C2=NOC(C)(C)C2=O)cc1-c1cnc(C2(F)C=NC=C(F)C2C(N)=O)cn1. The van der Waals surface area contributed by atoms with E-state index in [-0.39, 0.29) is 22.9 Å². The number of aliphatic imine (C=N–C) groups is 1. The molecule has 9 nitrogen and oxygen atoms in total. The number of aromatic nitrogens is 2. The molecule has 1 amide bonds. The van der Waals surface area contributed by atoms with Crippen molar-refractivity contribution in [2.45, 2.75) is 25.1 Å². The molecule has 2 atom stereocenters. The second-order valence-electron chi connectivity index (χ2n) is 7.97. The quantitative estimate of drug-likeness (QED) is 0.737. The minimum absolute atomic E-state index is 0.140. The molecule has 0 spiro atoms. The molecule has 2 unspecified atom stereocenters. The van der Waals surface area contributed by atoms with Gasteiger partial charge >= 0.3 is 0 Å². The molecule has 170 valence electrons. The first-order chi connectivity index (χ1) is 15.6. The maximum Gasteiger partial charge on any atom is 0.231 e. The van der Waals surface area contributed by atoms with E-state index in [1.54, 1.807) is 32.0 Å². The standard InChI is InChI=1S/C22H19F2N5O4/c1-21(2)19(30)18(29-33-21)11-4-5-15(32-3)12(6-11)14-8-28-16(9-27-14)22(24)10-26-7-13(23)17(22)20(25)31/h4-10,17H,1-3H3,(H2,25,31). The molecular formula is C22H19F2N5O4. The molecule has 0 saturated heterocycles. The van der Waals surface area contributed by atoms with Crippen molar-refractivity contribution < 1.29 is 27.9 Å². The largest absolute Gasteiger partial charge is 0.496 e. The van der Waals surface area contributed by atoms with Crippen LogP contribution in [0.5, 0.6) is 5.75 Å². The van der Waals surface area contributed by atoms with E-state index in [4.69, 9.17) is 15.3 Å². The van der Waals surface area contributed by atoms with Gasteiger partial charge in [-0.25, -0.2) is 8.78 Å². The van der Waals surface area contributed by atoms with Crippen LogP contribution in [-0.4, -0.2) is 46.3 Å². The van der Waals surface area contributed by atoms with Crippen LogP contribution in [-0.2, 0) is 20.1 Å². The minimum atomic E-state index is -2.70. The summed E-state index contributed by atoms with van der Waals surface area (Å²) in [5.74, 6) is -4.11. The number of halogens is 2. The molecule has 2 N–H and O–H groups in total. The van der Waals surface area contributed by atoms with Crippen LogP contribution in [0.2, 0.25) is 0 Å². The van der Waals surface area contributed by atoms with Gasteiger partial charge in [0.2, 0.25) is 17.4 Å². The van der Waals surface area contributed by atoms with Crippen molar-refractivity contribution in [2.75, 3.05) is 7.11 Å². The van der Waals surface area contributed by atoms with Gasteiger partial charge in [0, 0.05) is 17.3 Å². The lowest BCUT2D eigenvalue weighted by molar-refractivity contribution is -0.128. The Bertz CT molecular complexity index is 1240. The molecule has 0 radical (unpaired) electrons. The third-order valence-electron chi connectivity index (χ3n) is 5.36. The Morgan fingerprint density at radius 3 is 2.58 bits per heavy atom. The number of benzene rings is 1. The lowest BCUT2D eigenvalue weighted by Gasteiger charge is -2.28. The molecule has 4 rings (SSSR count). The molecule has 33 heavy (non-hydrogen) atoms. The number of ether oxygens (including phenoxy) is 1. The van der Waals surface area contributed by atoms with Crippen LogP contribution in [0.4, 0.5) is 8.78 Å². The molecule has 3 heterocycles. The zero-order valence-corrected chi connectivity index (χ0v) is 17.9. The molecule has 2 aliphatic heterocycles. The van der Waals surface area contributed by atoms with Crippen LogP contribution >= 0.6 is 0 Å². The number of hydrogen-bond donors (Lipinski definition) is 1. The van der Waals surface area contributed by atoms with Gasteiger partial charge in [-0.05, 0) is 32.0 Å². The number of oxime groups is 1. The molecular weight excluding hydrogens is 436 g/mol. The van der Waals surface area contributed by atoms with Gasteiger partial charge in [0.1, 0.15) is 23.2 Å². The van der Waals surface area contributed by atoms with E-state index in [1.165, 1.54) is 13.3 Å². The summed E-state index contributed by atoms with van der Waals surface area (Å²) >= 11 is 0. The normalized spacial score (nSPS) is 23.5. The first-order valence-electron chi connectivity index (χ1n) is 9.79. The molecule has 0 bridgehead atoms. The smallest absolute Gasteiger partial charge is 0.231 e. The number of primary amides is 1. The van der Waals surface area contributed by atoms with Crippen molar-refractivity contribution in [2.24, 2.45) is 21.8 Å². The molecule has 1 aromatic carbocycles. The number of nitrogens with zero attached hydrogens (tertiary/aromatic N) is 4. The number of carbonyl (C=O) groups is 2. The molecule has 2 aromatic rings. The molecule has 1 aromatic heterocycles. The second-order valence-corrected chi connectivity index (χ2v) is 7.97. The highest BCUT2D eigenvalue weighted by molar-refractivity contribution is 6.49. The first-order valence-corrected chi connectivity index (χ1v) is 9.79. The van der Waals surface area contributed by atoms with Crippen molar-refractivity contribution in [1.29, 1.82) is 0 Å². The monoisotopic (exact) mass is 455 g/mol. The fourth-order valence-electron chi connectivity index (χ4n) is 3.56. The van der Waals surface area contributed by atoms with Gasteiger partial charge < -0.3 is 15.3 Å². The van der Waals surface area contributed by atoms with E-state index in [9.17, 15) is 14.0 Å². The first kappa shape index (κ1) is 22.2. The van der Waals surface area contributed by atoms with Gasteiger partial charge in [-0.1, -0.05) is 5.16 Å². The molecule has 0 saturated carbocycles. The summed E-state index contributed by atoms with van der Waals surface area (Å²) < 4.78 is 35.1. The van der Waals surface area contributed by atoms with Crippen molar-refractivity contribution in [3.63, 3.8) is 0 Å². The molecule has 0 aliphatic carbocycles. The van der Waals surface area contributed by atoms with Crippen LogP contribution in [0, 0.1) is 5.92 Å². The highest BCUT2D eigenvalue weighted by Crippen LogP contribution is 2.39. The third-order valence-corrected chi connectivity index (χ3v) is 5.36. The van der Waals surface area contributed by atoms with Gasteiger partial charge in [0.15, 0.2) is 11.3 Å². The van der Waals surface area contributed by atoms with Crippen molar-refractivity contribution in [1.82, 2.24) is 9.97 Å². The number of hydrogen-bond acceptors (Lipinski definition) is 8. The van der Waals surface area contributed by atoms with Gasteiger partial charge in [-0.3, -0.25) is 24.5 Å². The summed E-state index contributed by atoms with van der Waals surface area (Å²) in [6.07, 6.45) is 3.79. The fourth-order valence-corrected chi connectivity index (χ4v) is 3.56. The number of methoxy groups -OCH3 is 1. The number of Topliss-reactive ketones (excluding diaryl/α,β-unsaturated/α-hetero) is 1. The van der Waals surface area contributed by atoms with Crippen molar-refractivity contribution in [3.8, 4) is 17.0 Å². The number of carbonyl (C=O) groups excluding carboxylic acids is 2. The average Bonchev–Trinajstić information content (AvgIpc) is 3.05. The third kappa shape index (κ3) is 3.65. The van der Waals surface area contributed by atoms with E-state index >= 15 is 4.39 Å². The van der Waals surface area contributed by atoms with Crippen LogP contribution in [0.1, 0.15) is 25.1 Å². The summed E-state index contributed by atoms with van der Waals surface area (Å²) in [6, 6.07) is 4.88. The zero-order valence-electron chi connectivity index (χ0n) is 17.9. The van der Waals surface area contributed by atoms with E-state index in [0.717, 1.165) is 18.6 Å². The fraction of sp³-hybridized carbons (Fsp3) is 0.273. The zero-order chi connectivity index (χ0) is 24.0. The van der Waals surface area contributed by atoms with Crippen LogP contribution in [0.25, 0.3) is 11.3 Å². The summed E-state index contributed by atoms with van der Waals surface area (Å²) in [5, 5.41) is 3.89. The van der Waals surface area contributed by atoms with Gasteiger partial charge in [0.25, 0.3) is 0 Å². The number of rotatable bonds is 5. The average molecular weight is 455 g/mol. The maximum atomic E-state index is 15.6. The van der Waals surface area contributed by atoms with Crippen molar-refractivity contribution in [3.05, 3.63) is 53.9 Å². The minimum Gasteiger partial charge on any atom is -0.496 e. The van der Waals surface area contributed by atoms with Crippen LogP contribution < -0.4 is 10.5 Å². The second kappa shape index (κ2) is 7.84. The maximum absolute atomic E-state index is 15.6. The number of amides is 1. The number of nitrogens with two attached hydrogens (primary N) is 1. The summed E-state index contributed by atoms with van der Waals surface area (Å²) in [4.78, 5) is 41.2. The topological polar surface area (TPSA) is 129 Å². The molecule has 0 fully saturated rings. The van der Waals surface area contributed by atoms with Gasteiger partial charge in [-0.2, -0.15) is 0 Å². The predicted molar refractivity (Wildman–Crippen MR) is 114 cm³/mol. The Balaban J connectivity index is 1.73. The Kier molecular flexibility index (Phi) is 5.27. The van der Waals surface area contributed by atoms with E-state index in [0.29, 0.717) is 16.9 Å². The Hall–Kier alpha value is -4.02. The number of alkyl halides is 1. The highest BCUT2D eigenvalue weighted by Gasteiger charge is 2.49. The van der Waals surface area contributed by atoms with Crippen LogP contribution in [0.15, 0.2) is 52.8 Å². The highest BCUT2D eigenvalue weighted by atomic mass is 19.2. The molecule has 2 aliphatic rings. The van der Waals surface area contributed by atoms with E-state index < -0.39 is 28.9 Å². The van der Waals surface area contributed by atoms with Crippen LogP contribution in [0.3, 0.4) is 0 Å². The Labute approximate surface area is 187 Å². The summed E-state index contributed by atoms with van der Waals surface area (Å²) in [6.45, 7) is 3.22. The lowest BCUT2D eigenvalue weighted by Crippen LogP contribution is -2.43. The lowest BCUT2D eigenvalue weighted by atomic mass is 9.84. The van der Waals surface area contributed by atoms with Gasteiger partial charge in [0.05, 0.1) is 31.4 Å². The summed E-state index contributed by atoms with van der Waals surface area (Å²) in [7, 11) is 1.45. The Morgan fingerprint density at radius 2 is 2.00 bits per heavy atom. The van der Waals surface area contributed by atoms with Gasteiger partial charge in [-0.15, -0.1) is 0 Å². The predicted octanol–water partition coefficient (Wildman–Crippen LogP) is 2.40. The van der Waals surface area contributed by atoms with E-state index in [2.05, 4.69) is 20.1 Å².